The number of hydrogen-bond acceptors (Lipinski definition) is 4. The van der Waals surface area contributed by atoms with Crippen molar-refractivity contribution in [3.63, 3.8) is 0 Å². The summed E-state index contributed by atoms with van der Waals surface area (Å²) in [5.41, 5.74) is 2.82. The molecule has 0 aliphatic rings. The minimum Gasteiger partial charge on any atom is -0.282 e. The fraction of sp³-hybridized carbons (Fsp3) is 0.190. The number of rotatable bonds is 5. The molecule has 4 rings (SSSR count). The van der Waals surface area contributed by atoms with Crippen LogP contribution in [0.2, 0.25) is 0 Å². The molecule has 5 nitrogen and oxygen atoms in total. The average Bonchev–Trinajstić information content (AvgIpc) is 3.34. The topological polar surface area (TPSA) is 51.0 Å². The maximum atomic E-state index is 14.1. The fourth-order valence-electron chi connectivity index (χ4n) is 3.05. The van der Waals surface area contributed by atoms with E-state index >= 15 is 0 Å². The number of para-hydroxylation sites is 1. The molecule has 0 atom stereocenters. The van der Waals surface area contributed by atoms with E-state index in [9.17, 15) is 9.18 Å². The number of carbonyl (C=O) groups is 1. The lowest BCUT2D eigenvalue weighted by Crippen LogP contribution is -2.34. The largest absolute Gasteiger partial charge is 0.282 e. The van der Waals surface area contributed by atoms with Crippen LogP contribution >= 0.6 is 11.3 Å². The van der Waals surface area contributed by atoms with Gasteiger partial charge in [-0.2, -0.15) is 5.10 Å². The van der Waals surface area contributed by atoms with Gasteiger partial charge < -0.3 is 0 Å². The number of halogens is 1. The van der Waals surface area contributed by atoms with E-state index in [4.69, 9.17) is 0 Å². The lowest BCUT2D eigenvalue weighted by Gasteiger charge is -2.21. The number of hydrogen-bond donors (Lipinski definition) is 0. The lowest BCUT2D eigenvalue weighted by molar-refractivity contribution is 0.0985. The number of amides is 1. The summed E-state index contributed by atoms with van der Waals surface area (Å²) in [4.78, 5) is 19.5. The molecule has 0 radical (unpaired) electrons. The van der Waals surface area contributed by atoms with Gasteiger partial charge in [-0.05, 0) is 43.7 Å². The zero-order chi connectivity index (χ0) is 19.7. The van der Waals surface area contributed by atoms with Crippen molar-refractivity contribution < 1.29 is 9.18 Å². The van der Waals surface area contributed by atoms with Crippen molar-refractivity contribution in [1.82, 2.24) is 14.8 Å². The van der Waals surface area contributed by atoms with Crippen LogP contribution in [0.3, 0.4) is 0 Å². The van der Waals surface area contributed by atoms with Crippen molar-refractivity contribution in [2.45, 2.75) is 20.4 Å². The molecule has 2 aromatic carbocycles. The van der Waals surface area contributed by atoms with E-state index in [1.807, 2.05) is 50.4 Å². The summed E-state index contributed by atoms with van der Waals surface area (Å²) in [5, 5.41) is 4.69. The predicted molar refractivity (Wildman–Crippen MR) is 109 cm³/mol. The van der Waals surface area contributed by atoms with Gasteiger partial charge in [0, 0.05) is 24.5 Å². The lowest BCUT2D eigenvalue weighted by atomic mass is 10.0. The standard InChI is InChI=1S/C21H19FN4OS/c1-14-7-8-15(2)16(13-14)20(27)26(12-11-25-10-4-9-23-25)21-24-19-17(22)5-3-6-18(19)28-21/h3-10,13H,11-12H2,1-2H3. The maximum absolute atomic E-state index is 14.1. The molecule has 0 fully saturated rings. The highest BCUT2D eigenvalue weighted by Crippen LogP contribution is 2.31. The molecule has 0 spiro atoms. The Balaban J connectivity index is 1.75. The third kappa shape index (κ3) is 3.53. The van der Waals surface area contributed by atoms with Crippen molar-refractivity contribution in [3.05, 3.63) is 77.4 Å². The number of aromatic nitrogens is 3. The second-order valence-electron chi connectivity index (χ2n) is 6.63. The molecule has 0 unspecified atom stereocenters. The molecule has 1 amide bonds. The van der Waals surface area contributed by atoms with Gasteiger partial charge in [-0.25, -0.2) is 9.37 Å². The Kier molecular flexibility index (Phi) is 4.92. The van der Waals surface area contributed by atoms with Gasteiger partial charge >= 0.3 is 0 Å². The highest BCUT2D eigenvalue weighted by atomic mass is 32.1. The van der Waals surface area contributed by atoms with Crippen molar-refractivity contribution in [2.24, 2.45) is 0 Å². The number of aryl methyl sites for hydroxylation is 2. The number of fused-ring (bicyclic) bond motifs is 1. The van der Waals surface area contributed by atoms with Crippen LogP contribution in [0.1, 0.15) is 21.5 Å². The average molecular weight is 394 g/mol. The Morgan fingerprint density at radius 1 is 1.21 bits per heavy atom. The number of anilines is 1. The molecule has 4 aromatic rings. The third-order valence-electron chi connectivity index (χ3n) is 4.57. The van der Waals surface area contributed by atoms with E-state index in [1.54, 1.807) is 21.8 Å². The van der Waals surface area contributed by atoms with Crippen LogP contribution < -0.4 is 4.90 Å². The van der Waals surface area contributed by atoms with E-state index in [0.717, 1.165) is 11.1 Å². The van der Waals surface area contributed by atoms with Crippen LogP contribution in [0.15, 0.2) is 54.9 Å². The highest BCUT2D eigenvalue weighted by Gasteiger charge is 2.23. The van der Waals surface area contributed by atoms with Crippen LogP contribution in [0.4, 0.5) is 9.52 Å². The minimum absolute atomic E-state index is 0.146. The van der Waals surface area contributed by atoms with Crippen molar-refractivity contribution in [1.29, 1.82) is 0 Å². The molecule has 0 saturated heterocycles. The van der Waals surface area contributed by atoms with E-state index in [-0.39, 0.29) is 11.7 Å². The van der Waals surface area contributed by atoms with Gasteiger partial charge in [-0.3, -0.25) is 14.4 Å². The van der Waals surface area contributed by atoms with E-state index < -0.39 is 0 Å². The Morgan fingerprint density at radius 3 is 2.82 bits per heavy atom. The summed E-state index contributed by atoms with van der Waals surface area (Å²) < 4.78 is 16.6. The van der Waals surface area contributed by atoms with E-state index in [1.165, 1.54) is 17.4 Å². The highest BCUT2D eigenvalue weighted by molar-refractivity contribution is 7.22. The number of carbonyl (C=O) groups excluding carboxylic acids is 1. The van der Waals surface area contributed by atoms with E-state index in [0.29, 0.717) is 34.0 Å². The van der Waals surface area contributed by atoms with Gasteiger partial charge in [0.15, 0.2) is 5.13 Å². The molecule has 142 valence electrons. The van der Waals surface area contributed by atoms with Crippen LogP contribution in [-0.4, -0.2) is 27.2 Å². The Bertz CT molecular complexity index is 1140. The van der Waals surface area contributed by atoms with Gasteiger partial charge in [-0.15, -0.1) is 0 Å². The quantitative estimate of drug-likeness (QED) is 0.497. The van der Waals surface area contributed by atoms with Crippen molar-refractivity contribution in [2.75, 3.05) is 11.4 Å². The smallest absolute Gasteiger partial charge is 0.260 e. The predicted octanol–water partition coefficient (Wildman–Crippen LogP) is 4.60. The summed E-state index contributed by atoms with van der Waals surface area (Å²) >= 11 is 1.31. The SMILES string of the molecule is Cc1ccc(C)c(C(=O)N(CCn2cccn2)c2nc3c(F)cccc3s2)c1. The number of benzene rings is 2. The first-order valence-corrected chi connectivity index (χ1v) is 9.76. The molecule has 0 bridgehead atoms. The maximum Gasteiger partial charge on any atom is 0.260 e. The minimum atomic E-state index is -0.383. The zero-order valence-electron chi connectivity index (χ0n) is 15.6. The Hall–Kier alpha value is -3.06. The normalized spacial score (nSPS) is 11.1. The summed E-state index contributed by atoms with van der Waals surface area (Å²) in [5.74, 6) is -0.529. The van der Waals surface area contributed by atoms with Gasteiger partial charge in [-0.1, -0.05) is 35.1 Å². The van der Waals surface area contributed by atoms with Gasteiger partial charge in [0.1, 0.15) is 11.3 Å². The first-order chi connectivity index (χ1) is 13.5. The van der Waals surface area contributed by atoms with Crippen LogP contribution in [0, 0.1) is 19.7 Å². The molecule has 0 aliphatic carbocycles. The monoisotopic (exact) mass is 394 g/mol. The van der Waals surface area contributed by atoms with Crippen molar-refractivity contribution in [3.8, 4) is 0 Å². The first-order valence-electron chi connectivity index (χ1n) is 8.94. The van der Waals surface area contributed by atoms with Crippen LogP contribution in [0.25, 0.3) is 10.2 Å². The van der Waals surface area contributed by atoms with E-state index in [2.05, 4.69) is 10.1 Å². The molecule has 2 heterocycles. The van der Waals surface area contributed by atoms with Gasteiger partial charge in [0.25, 0.3) is 5.91 Å². The second kappa shape index (κ2) is 7.52. The molecular formula is C21H19FN4OS. The fourth-order valence-corrected chi connectivity index (χ4v) is 4.05. The molecule has 28 heavy (non-hydrogen) atoms. The first kappa shape index (κ1) is 18.3. The molecule has 2 aromatic heterocycles. The molecular weight excluding hydrogens is 375 g/mol. The summed E-state index contributed by atoms with van der Waals surface area (Å²) in [6.07, 6.45) is 3.54. The number of nitrogens with zero attached hydrogens (tertiary/aromatic N) is 4. The molecule has 7 heteroatoms. The Labute approximate surface area is 166 Å². The van der Waals surface area contributed by atoms with Crippen molar-refractivity contribution >= 4 is 32.6 Å². The van der Waals surface area contributed by atoms with Crippen LogP contribution in [-0.2, 0) is 6.54 Å². The molecule has 0 aliphatic heterocycles. The van der Waals surface area contributed by atoms with Gasteiger partial charge in [0.2, 0.25) is 0 Å². The van der Waals surface area contributed by atoms with Gasteiger partial charge in [0.05, 0.1) is 11.2 Å². The summed E-state index contributed by atoms with van der Waals surface area (Å²) in [6, 6.07) is 12.5. The summed E-state index contributed by atoms with van der Waals surface area (Å²) in [7, 11) is 0. The van der Waals surface area contributed by atoms with Crippen LogP contribution in [0.5, 0.6) is 0 Å². The second-order valence-corrected chi connectivity index (χ2v) is 7.64. The number of thiazole rings is 1. The molecule has 0 saturated carbocycles. The molecule has 0 N–H and O–H groups in total. The summed E-state index contributed by atoms with van der Waals surface area (Å²) in [6.45, 7) is 4.77. The Morgan fingerprint density at radius 2 is 2.07 bits per heavy atom. The zero-order valence-corrected chi connectivity index (χ0v) is 16.4. The third-order valence-corrected chi connectivity index (χ3v) is 5.61.